The summed E-state index contributed by atoms with van der Waals surface area (Å²) in [5, 5.41) is 56.3. The summed E-state index contributed by atoms with van der Waals surface area (Å²) >= 11 is 0. The van der Waals surface area contributed by atoms with Gasteiger partial charge in [-0.3, -0.25) is 0 Å². The van der Waals surface area contributed by atoms with Crippen LogP contribution in [0.5, 0.6) is 11.5 Å². The van der Waals surface area contributed by atoms with Crippen LogP contribution in [0.3, 0.4) is 0 Å². The highest BCUT2D eigenvalue weighted by molar-refractivity contribution is 8.76. The maximum Gasteiger partial charge on any atom is 0.161 e. The van der Waals surface area contributed by atoms with Gasteiger partial charge in [0.1, 0.15) is 11.9 Å². The minimum absolute atomic E-state index is 0.0651. The Morgan fingerprint density at radius 3 is 2.65 bits per heavy atom. The Bertz CT molecular complexity index is 1690. The Morgan fingerprint density at radius 2 is 1.87 bits per heavy atom. The summed E-state index contributed by atoms with van der Waals surface area (Å²) < 4.78 is 6.65. The van der Waals surface area contributed by atoms with Crippen LogP contribution in [0.1, 0.15) is 86.1 Å². The average molecular weight is 748 g/mol. The van der Waals surface area contributed by atoms with E-state index in [2.05, 4.69) is 34.8 Å². The van der Waals surface area contributed by atoms with E-state index < -0.39 is 36.3 Å². The largest absolute Gasteiger partial charge is 0.504 e. The number of aliphatic hydroxyl groups is 4. The van der Waals surface area contributed by atoms with Gasteiger partial charge in [-0.25, -0.2) is 4.98 Å². The van der Waals surface area contributed by atoms with Gasteiger partial charge in [0.05, 0.1) is 18.3 Å². The van der Waals surface area contributed by atoms with Crippen LogP contribution in [0.4, 0.5) is 5.82 Å². The molecule has 2 aliphatic carbocycles. The lowest BCUT2D eigenvalue weighted by molar-refractivity contribution is -0.0195. The number of hydrogen-bond acceptors (Lipinski definition) is 10. The number of aromatic hydroxyl groups is 1. The molecular formula is C41H53N3O6S2. The average Bonchev–Trinajstić information content (AvgIpc) is 3.59. The van der Waals surface area contributed by atoms with Gasteiger partial charge in [0.25, 0.3) is 0 Å². The molecule has 0 saturated carbocycles. The molecule has 0 radical (unpaired) electrons. The summed E-state index contributed by atoms with van der Waals surface area (Å²) in [6, 6.07) is 11.2. The number of fused-ring (bicyclic) bond motifs is 2. The van der Waals surface area contributed by atoms with Crippen LogP contribution in [0.25, 0.3) is 0 Å². The number of ether oxygens (including phenoxy) is 1. The summed E-state index contributed by atoms with van der Waals surface area (Å²) in [6.07, 6.45) is 10.4. The van der Waals surface area contributed by atoms with Crippen molar-refractivity contribution < 1.29 is 30.3 Å². The predicted octanol–water partition coefficient (Wildman–Crippen LogP) is 6.33. The second-order valence-electron chi connectivity index (χ2n) is 14.6. The van der Waals surface area contributed by atoms with Gasteiger partial charge < -0.3 is 41.0 Å². The first-order valence-corrected chi connectivity index (χ1v) is 21.2. The van der Waals surface area contributed by atoms with Crippen LogP contribution >= 0.6 is 21.6 Å². The molecule has 8 N–H and O–H groups in total. The number of hydrogen-bond donors (Lipinski definition) is 7. The van der Waals surface area contributed by atoms with Gasteiger partial charge in [0.2, 0.25) is 0 Å². The fourth-order valence-electron chi connectivity index (χ4n) is 8.03. The molecule has 10 atom stereocenters. The molecule has 0 saturated heterocycles. The van der Waals surface area contributed by atoms with E-state index in [1.165, 1.54) is 0 Å². The number of nitrogen functional groups attached to an aromatic ring is 1. The summed E-state index contributed by atoms with van der Waals surface area (Å²) in [6.45, 7) is 1.94. The van der Waals surface area contributed by atoms with E-state index in [1.54, 1.807) is 39.9 Å². The van der Waals surface area contributed by atoms with Crippen molar-refractivity contribution in [3.63, 3.8) is 0 Å². The highest BCUT2D eigenvalue weighted by Crippen LogP contribution is 2.42. The molecule has 10 unspecified atom stereocenters. The Kier molecular flexibility index (Phi) is 13.6. The van der Waals surface area contributed by atoms with Gasteiger partial charge in [0, 0.05) is 71.4 Å². The van der Waals surface area contributed by atoms with Crippen molar-refractivity contribution in [3.8, 4) is 23.3 Å². The maximum atomic E-state index is 11.9. The van der Waals surface area contributed by atoms with E-state index in [4.69, 9.17) is 10.5 Å². The molecule has 1 aromatic carbocycles. The molecule has 6 rings (SSSR count). The summed E-state index contributed by atoms with van der Waals surface area (Å²) in [5.74, 6) is 7.46. The standard InChI is InChI=1S/C41H53N3O6S2/c1-2-25-6-3-4-8-35(47)39-26(10-9-25)11-12-27(19-36(39)48)28-13-14-34(46)37(20-28)50-38-21-29(18-31-7-5-16-43-31)32-15-17-44-41(42)33(32)24-52-51-23-30(22-45)40(38)49/h5,7,11-17,20,25-27,29-30,35-36,38-40,43,45-49H,2-4,6,8,18-19,21-24H2,1H3,(H2,42,44). The van der Waals surface area contributed by atoms with E-state index >= 15 is 0 Å². The van der Waals surface area contributed by atoms with Crippen LogP contribution in [-0.2, 0) is 12.2 Å². The first kappa shape index (κ1) is 38.6. The molecule has 1 aliphatic heterocycles. The van der Waals surface area contributed by atoms with E-state index in [1.807, 2.05) is 36.5 Å². The number of H-pyrrole nitrogens is 1. The van der Waals surface area contributed by atoms with Crippen molar-refractivity contribution in [3.05, 3.63) is 83.3 Å². The molecule has 3 aliphatic rings. The third kappa shape index (κ3) is 9.33. The normalized spacial score (nSPS) is 31.5. The maximum absolute atomic E-state index is 11.9. The van der Waals surface area contributed by atoms with E-state index in [9.17, 15) is 25.5 Å². The SMILES string of the molecule is CCC1C#CC2C=CC(c3ccc(O)c(OC4CC(Cc5ccc[nH]5)c5ccnc(N)c5CSSCC(CO)C4O)c3)CC(O)C2C(O)CCCC1. The second kappa shape index (κ2) is 18.3. The molecule has 52 heavy (non-hydrogen) atoms. The molecule has 0 bridgehead atoms. The van der Waals surface area contributed by atoms with Crippen LogP contribution in [0.15, 0.2) is 60.9 Å². The van der Waals surface area contributed by atoms with Gasteiger partial charge >= 0.3 is 0 Å². The lowest BCUT2D eigenvalue weighted by Gasteiger charge is -2.32. The van der Waals surface area contributed by atoms with Gasteiger partial charge in [-0.2, -0.15) is 0 Å². The van der Waals surface area contributed by atoms with Crippen molar-refractivity contribution in [2.75, 3.05) is 18.1 Å². The molecule has 3 heterocycles. The molecule has 3 aromatic rings. The number of nitrogens with two attached hydrogens (primary N) is 1. The van der Waals surface area contributed by atoms with E-state index in [-0.39, 0.29) is 35.9 Å². The Hall–Kier alpha value is -3.11. The summed E-state index contributed by atoms with van der Waals surface area (Å²) in [4.78, 5) is 7.70. The van der Waals surface area contributed by atoms with Gasteiger partial charge in [-0.1, -0.05) is 71.4 Å². The lowest BCUT2D eigenvalue weighted by Crippen LogP contribution is -2.41. The summed E-state index contributed by atoms with van der Waals surface area (Å²) in [5.41, 5.74) is 10.3. The van der Waals surface area contributed by atoms with Gasteiger partial charge in [-0.05, 0) is 85.9 Å². The van der Waals surface area contributed by atoms with Gasteiger partial charge in [-0.15, -0.1) is 0 Å². The van der Waals surface area contributed by atoms with Crippen molar-refractivity contribution in [2.24, 2.45) is 23.7 Å². The third-order valence-electron chi connectivity index (χ3n) is 11.2. The fraction of sp³-hybridized carbons (Fsp3) is 0.537. The lowest BCUT2D eigenvalue weighted by atomic mass is 9.79. The van der Waals surface area contributed by atoms with E-state index in [0.29, 0.717) is 48.9 Å². The predicted molar refractivity (Wildman–Crippen MR) is 209 cm³/mol. The summed E-state index contributed by atoms with van der Waals surface area (Å²) in [7, 11) is 3.19. The number of nitrogens with one attached hydrogen (secondary N) is 1. The van der Waals surface area contributed by atoms with Crippen molar-refractivity contribution in [2.45, 2.75) is 100 Å². The zero-order valence-electron chi connectivity index (χ0n) is 29.8. The molecule has 2 aromatic heterocycles. The number of rotatable bonds is 7. The molecule has 0 spiro atoms. The smallest absolute Gasteiger partial charge is 0.161 e. The number of phenolic OH excluding ortho intramolecular Hbond substituents is 1. The number of anilines is 1. The number of aromatic amines is 1. The Labute approximate surface area is 315 Å². The Morgan fingerprint density at radius 1 is 1.02 bits per heavy atom. The zero-order valence-corrected chi connectivity index (χ0v) is 31.4. The van der Waals surface area contributed by atoms with E-state index in [0.717, 1.165) is 48.1 Å². The number of phenols is 1. The molecule has 11 heteroatoms. The van der Waals surface area contributed by atoms with Crippen LogP contribution < -0.4 is 10.5 Å². The molecule has 280 valence electrons. The number of aromatic nitrogens is 2. The first-order valence-electron chi connectivity index (χ1n) is 18.7. The highest BCUT2D eigenvalue weighted by Gasteiger charge is 2.37. The van der Waals surface area contributed by atoms with Crippen molar-refractivity contribution in [1.82, 2.24) is 9.97 Å². The molecule has 0 amide bonds. The van der Waals surface area contributed by atoms with Crippen molar-refractivity contribution in [1.29, 1.82) is 0 Å². The Balaban J connectivity index is 1.32. The van der Waals surface area contributed by atoms with Gasteiger partial charge in [0.15, 0.2) is 11.5 Å². The highest BCUT2D eigenvalue weighted by atomic mass is 33.1. The quantitative estimate of drug-likeness (QED) is 0.0826. The fourth-order valence-corrected chi connectivity index (χ4v) is 10.5. The number of benzene rings is 1. The topological polar surface area (TPSA) is 165 Å². The van der Waals surface area contributed by atoms with Crippen molar-refractivity contribution >= 4 is 27.4 Å². The molecule has 9 nitrogen and oxygen atoms in total. The van der Waals surface area contributed by atoms with Crippen LogP contribution in [0, 0.1) is 35.5 Å². The molecular weight excluding hydrogens is 695 g/mol. The minimum Gasteiger partial charge on any atom is -0.504 e. The molecule has 0 fully saturated rings. The number of nitrogens with zero attached hydrogens (tertiary/aromatic N) is 1. The number of aliphatic hydroxyl groups excluding tert-OH is 4. The van der Waals surface area contributed by atoms with Crippen LogP contribution in [0.2, 0.25) is 0 Å². The van der Waals surface area contributed by atoms with Crippen LogP contribution in [-0.4, -0.2) is 72.3 Å². The monoisotopic (exact) mass is 747 g/mol. The minimum atomic E-state index is -1.04. The third-order valence-corrected chi connectivity index (χ3v) is 13.6. The number of pyridine rings is 1. The number of allylic oxidation sites excluding steroid dienone is 2. The zero-order chi connectivity index (χ0) is 36.6. The first-order chi connectivity index (χ1) is 25.2. The second-order valence-corrected chi connectivity index (χ2v) is 17.1.